The lowest BCUT2D eigenvalue weighted by molar-refractivity contribution is 0.0947. The van der Waals surface area contributed by atoms with Gasteiger partial charge in [0.1, 0.15) is 0 Å². The monoisotopic (exact) mass is 333 g/mol. The summed E-state index contributed by atoms with van der Waals surface area (Å²) in [7, 11) is 0. The first-order valence-electron chi connectivity index (χ1n) is 7.89. The fourth-order valence-corrected chi connectivity index (χ4v) is 2.69. The van der Waals surface area contributed by atoms with E-state index < -0.39 is 0 Å². The van der Waals surface area contributed by atoms with Gasteiger partial charge in [0.15, 0.2) is 5.69 Å². The quantitative estimate of drug-likeness (QED) is 0.613. The van der Waals surface area contributed by atoms with Crippen molar-refractivity contribution >= 4 is 22.3 Å². The summed E-state index contributed by atoms with van der Waals surface area (Å²) >= 11 is 0. The highest BCUT2D eigenvalue weighted by atomic mass is 16.2. The summed E-state index contributed by atoms with van der Waals surface area (Å²) in [6, 6.07) is 14.5. The SMILES string of the molecule is O=C(NCCn1cnc2ccccc2c1=O)c1cc2ccccn2n1. The lowest BCUT2D eigenvalue weighted by atomic mass is 10.2. The smallest absolute Gasteiger partial charge is 0.271 e. The molecule has 0 unspecified atom stereocenters. The Hall–Kier alpha value is -3.48. The van der Waals surface area contributed by atoms with Crippen LogP contribution in [-0.4, -0.2) is 31.6 Å². The molecule has 1 amide bonds. The number of rotatable bonds is 4. The molecule has 0 aliphatic heterocycles. The van der Waals surface area contributed by atoms with Crippen LogP contribution in [0.5, 0.6) is 0 Å². The average molecular weight is 333 g/mol. The average Bonchev–Trinajstić information content (AvgIpc) is 3.08. The van der Waals surface area contributed by atoms with E-state index in [0.29, 0.717) is 29.7 Å². The summed E-state index contributed by atoms with van der Waals surface area (Å²) in [4.78, 5) is 28.9. The number of amides is 1. The maximum absolute atomic E-state index is 12.4. The number of hydrogen-bond donors (Lipinski definition) is 1. The van der Waals surface area contributed by atoms with Crippen molar-refractivity contribution in [2.45, 2.75) is 6.54 Å². The van der Waals surface area contributed by atoms with E-state index in [9.17, 15) is 9.59 Å². The number of pyridine rings is 1. The first kappa shape index (κ1) is 15.1. The summed E-state index contributed by atoms with van der Waals surface area (Å²) < 4.78 is 3.14. The van der Waals surface area contributed by atoms with Gasteiger partial charge in [-0.15, -0.1) is 0 Å². The van der Waals surface area contributed by atoms with Gasteiger partial charge in [-0.1, -0.05) is 18.2 Å². The van der Waals surface area contributed by atoms with Crippen molar-refractivity contribution in [2.24, 2.45) is 0 Å². The van der Waals surface area contributed by atoms with Gasteiger partial charge in [-0.05, 0) is 30.3 Å². The molecule has 0 aliphatic carbocycles. The maximum Gasteiger partial charge on any atom is 0.271 e. The Bertz CT molecular complexity index is 1100. The number of benzene rings is 1. The second-order valence-electron chi connectivity index (χ2n) is 5.62. The van der Waals surface area contributed by atoms with Crippen molar-refractivity contribution in [3.8, 4) is 0 Å². The van der Waals surface area contributed by atoms with Crippen LogP contribution in [0.1, 0.15) is 10.5 Å². The van der Waals surface area contributed by atoms with E-state index in [-0.39, 0.29) is 11.5 Å². The first-order valence-corrected chi connectivity index (χ1v) is 7.89. The molecular formula is C18H15N5O2. The second-order valence-corrected chi connectivity index (χ2v) is 5.62. The molecule has 3 aromatic heterocycles. The minimum absolute atomic E-state index is 0.118. The lowest BCUT2D eigenvalue weighted by Gasteiger charge is -2.07. The maximum atomic E-state index is 12.4. The van der Waals surface area contributed by atoms with Gasteiger partial charge >= 0.3 is 0 Å². The van der Waals surface area contributed by atoms with E-state index in [1.807, 2.05) is 24.3 Å². The van der Waals surface area contributed by atoms with Gasteiger partial charge in [0.25, 0.3) is 11.5 Å². The van der Waals surface area contributed by atoms with Gasteiger partial charge in [0, 0.05) is 19.3 Å². The molecule has 7 nitrogen and oxygen atoms in total. The number of hydrogen-bond acceptors (Lipinski definition) is 4. The lowest BCUT2D eigenvalue weighted by Crippen LogP contribution is -2.31. The van der Waals surface area contributed by atoms with Crippen molar-refractivity contribution in [1.82, 2.24) is 24.5 Å². The largest absolute Gasteiger partial charge is 0.349 e. The van der Waals surface area contributed by atoms with Crippen LogP contribution in [0.3, 0.4) is 0 Å². The summed E-state index contributed by atoms with van der Waals surface area (Å²) in [5.41, 5.74) is 1.74. The van der Waals surface area contributed by atoms with Crippen LogP contribution < -0.4 is 10.9 Å². The third kappa shape index (κ3) is 2.87. The van der Waals surface area contributed by atoms with Gasteiger partial charge in [-0.3, -0.25) is 14.2 Å². The van der Waals surface area contributed by atoms with E-state index in [1.54, 1.807) is 35.0 Å². The van der Waals surface area contributed by atoms with Gasteiger partial charge in [0.05, 0.1) is 22.7 Å². The molecule has 0 fully saturated rings. The van der Waals surface area contributed by atoms with E-state index in [2.05, 4.69) is 15.4 Å². The minimum Gasteiger partial charge on any atom is -0.349 e. The van der Waals surface area contributed by atoms with Gasteiger partial charge in [0.2, 0.25) is 0 Å². The third-order valence-corrected chi connectivity index (χ3v) is 3.97. The van der Waals surface area contributed by atoms with E-state index >= 15 is 0 Å². The topological polar surface area (TPSA) is 81.3 Å². The van der Waals surface area contributed by atoms with Crippen molar-refractivity contribution in [3.05, 3.63) is 77.1 Å². The van der Waals surface area contributed by atoms with Crippen LogP contribution in [0.2, 0.25) is 0 Å². The van der Waals surface area contributed by atoms with E-state index in [0.717, 1.165) is 5.52 Å². The Balaban J connectivity index is 1.46. The number of carbonyl (C=O) groups excluding carboxylic acids is 1. The molecule has 25 heavy (non-hydrogen) atoms. The molecule has 0 spiro atoms. The number of nitrogens with zero attached hydrogens (tertiary/aromatic N) is 4. The first-order chi connectivity index (χ1) is 12.2. The standard InChI is InChI=1S/C18H15N5O2/c24-17(16-11-13-5-3-4-9-23(13)21-16)19-8-10-22-12-20-15-7-2-1-6-14(15)18(22)25/h1-7,9,11-12H,8,10H2,(H,19,24). The summed E-state index contributed by atoms with van der Waals surface area (Å²) in [5, 5.41) is 7.57. The number of carbonyl (C=O) groups is 1. The summed E-state index contributed by atoms with van der Waals surface area (Å²) in [6.45, 7) is 0.655. The summed E-state index contributed by atoms with van der Waals surface area (Å²) in [6.07, 6.45) is 3.29. The Morgan fingerprint density at radius 2 is 1.96 bits per heavy atom. The molecule has 0 aliphatic rings. The van der Waals surface area contributed by atoms with Crippen LogP contribution >= 0.6 is 0 Å². The van der Waals surface area contributed by atoms with Crippen molar-refractivity contribution in [3.63, 3.8) is 0 Å². The molecule has 3 heterocycles. The second kappa shape index (κ2) is 6.20. The molecular weight excluding hydrogens is 318 g/mol. The molecule has 4 aromatic rings. The highest BCUT2D eigenvalue weighted by Gasteiger charge is 2.10. The van der Waals surface area contributed by atoms with Crippen molar-refractivity contribution < 1.29 is 4.79 Å². The fourth-order valence-electron chi connectivity index (χ4n) is 2.69. The molecule has 0 bridgehead atoms. The highest BCUT2D eigenvalue weighted by molar-refractivity contribution is 5.93. The van der Waals surface area contributed by atoms with Crippen LogP contribution in [0.4, 0.5) is 0 Å². The minimum atomic E-state index is -0.273. The number of nitrogens with one attached hydrogen (secondary N) is 1. The molecule has 7 heteroatoms. The zero-order chi connectivity index (χ0) is 17.2. The molecule has 0 saturated heterocycles. The normalized spacial score (nSPS) is 11.0. The fraction of sp³-hybridized carbons (Fsp3) is 0.111. The zero-order valence-corrected chi connectivity index (χ0v) is 13.3. The Kier molecular flexibility index (Phi) is 3.74. The van der Waals surface area contributed by atoms with Gasteiger partial charge in [-0.25, -0.2) is 9.50 Å². The molecule has 1 N–H and O–H groups in total. The number of para-hydroxylation sites is 1. The predicted octanol–water partition coefficient (Wildman–Crippen LogP) is 1.47. The van der Waals surface area contributed by atoms with Crippen LogP contribution in [0.15, 0.2) is 65.8 Å². The Morgan fingerprint density at radius 3 is 2.84 bits per heavy atom. The van der Waals surface area contributed by atoms with Crippen LogP contribution in [0, 0.1) is 0 Å². The van der Waals surface area contributed by atoms with Gasteiger partial charge in [-0.2, -0.15) is 5.10 Å². The Labute approximate surface area is 142 Å². The van der Waals surface area contributed by atoms with E-state index in [1.165, 1.54) is 10.9 Å². The highest BCUT2D eigenvalue weighted by Crippen LogP contribution is 2.06. The van der Waals surface area contributed by atoms with Crippen LogP contribution in [0.25, 0.3) is 16.4 Å². The van der Waals surface area contributed by atoms with Gasteiger partial charge < -0.3 is 5.32 Å². The molecule has 124 valence electrons. The molecule has 0 atom stereocenters. The van der Waals surface area contributed by atoms with E-state index in [4.69, 9.17) is 0 Å². The zero-order valence-electron chi connectivity index (χ0n) is 13.3. The molecule has 4 rings (SSSR count). The number of aromatic nitrogens is 4. The molecule has 1 aromatic carbocycles. The summed E-state index contributed by atoms with van der Waals surface area (Å²) in [5.74, 6) is -0.273. The number of fused-ring (bicyclic) bond motifs is 2. The Morgan fingerprint density at radius 1 is 1.12 bits per heavy atom. The third-order valence-electron chi connectivity index (χ3n) is 3.97. The molecule has 0 saturated carbocycles. The predicted molar refractivity (Wildman–Crippen MR) is 93.5 cm³/mol. The van der Waals surface area contributed by atoms with Crippen molar-refractivity contribution in [2.75, 3.05) is 6.54 Å². The van der Waals surface area contributed by atoms with Crippen LogP contribution in [-0.2, 0) is 6.54 Å². The van der Waals surface area contributed by atoms with Crippen molar-refractivity contribution in [1.29, 1.82) is 0 Å². The molecule has 0 radical (unpaired) electrons.